The highest BCUT2D eigenvalue weighted by Crippen LogP contribution is 2.37. The SMILES string of the molecule is O=C(Nc1cccc(SC(C(=O)Nc2ccc(I)cc2)c2ccccc2)c1)/C(=C\c1ccccc1[N+](=O)[O-])NC(=O)c1ccccc1. The number of benzene rings is 5. The maximum absolute atomic E-state index is 13.6. The van der Waals surface area contributed by atoms with Crippen molar-refractivity contribution in [2.24, 2.45) is 0 Å². The van der Waals surface area contributed by atoms with Crippen LogP contribution in [0.4, 0.5) is 17.1 Å². The Hall–Kier alpha value is -5.27. The number of hydrogen-bond acceptors (Lipinski definition) is 6. The Kier molecular flexibility index (Phi) is 11.1. The first-order chi connectivity index (χ1) is 22.8. The Bertz CT molecular complexity index is 1940. The van der Waals surface area contributed by atoms with E-state index in [-0.39, 0.29) is 22.9 Å². The summed E-state index contributed by atoms with van der Waals surface area (Å²) in [5, 5.41) is 19.4. The Morgan fingerprint density at radius 3 is 2.11 bits per heavy atom. The van der Waals surface area contributed by atoms with Crippen LogP contribution >= 0.6 is 34.4 Å². The lowest BCUT2D eigenvalue weighted by molar-refractivity contribution is -0.385. The van der Waals surface area contributed by atoms with Gasteiger partial charge < -0.3 is 16.0 Å². The summed E-state index contributed by atoms with van der Waals surface area (Å²) in [6, 6.07) is 38.1. The van der Waals surface area contributed by atoms with Crippen molar-refractivity contribution in [1.29, 1.82) is 0 Å². The fraction of sp³-hybridized carbons (Fsp3) is 0.0278. The van der Waals surface area contributed by atoms with Gasteiger partial charge in [0.15, 0.2) is 0 Å². The number of thioether (sulfide) groups is 1. The van der Waals surface area contributed by atoms with Gasteiger partial charge in [0, 0.05) is 31.5 Å². The normalized spacial score (nSPS) is 11.6. The summed E-state index contributed by atoms with van der Waals surface area (Å²) in [7, 11) is 0. The van der Waals surface area contributed by atoms with E-state index in [1.54, 1.807) is 54.6 Å². The molecule has 0 aliphatic rings. The van der Waals surface area contributed by atoms with E-state index in [0.717, 1.165) is 9.13 Å². The Labute approximate surface area is 288 Å². The van der Waals surface area contributed by atoms with Crippen molar-refractivity contribution in [1.82, 2.24) is 5.32 Å². The average Bonchev–Trinajstić information content (AvgIpc) is 3.09. The molecule has 11 heteroatoms. The van der Waals surface area contributed by atoms with E-state index in [4.69, 9.17) is 0 Å². The molecular formula is C36H27IN4O5S. The van der Waals surface area contributed by atoms with Gasteiger partial charge >= 0.3 is 0 Å². The quantitative estimate of drug-likeness (QED) is 0.0411. The summed E-state index contributed by atoms with van der Waals surface area (Å²) in [6.07, 6.45) is 1.27. The first kappa shape index (κ1) is 33.1. The summed E-state index contributed by atoms with van der Waals surface area (Å²) >= 11 is 3.52. The number of nitro groups is 1. The second-order valence-electron chi connectivity index (χ2n) is 10.1. The van der Waals surface area contributed by atoms with Crippen LogP contribution in [-0.4, -0.2) is 22.6 Å². The number of carbonyl (C=O) groups is 3. The first-order valence-electron chi connectivity index (χ1n) is 14.3. The monoisotopic (exact) mass is 754 g/mol. The molecule has 234 valence electrons. The van der Waals surface area contributed by atoms with Crippen LogP contribution in [0.15, 0.2) is 144 Å². The van der Waals surface area contributed by atoms with Crippen molar-refractivity contribution in [3.05, 3.63) is 170 Å². The molecule has 1 unspecified atom stereocenters. The third-order valence-corrected chi connectivity index (χ3v) is 8.73. The van der Waals surface area contributed by atoms with E-state index in [0.29, 0.717) is 21.8 Å². The largest absolute Gasteiger partial charge is 0.325 e. The number of amides is 3. The Morgan fingerprint density at radius 1 is 0.745 bits per heavy atom. The molecule has 3 amide bonds. The average molecular weight is 755 g/mol. The molecule has 0 bridgehead atoms. The molecule has 47 heavy (non-hydrogen) atoms. The summed E-state index contributed by atoms with van der Waals surface area (Å²) in [4.78, 5) is 52.0. The second kappa shape index (κ2) is 15.8. The van der Waals surface area contributed by atoms with Crippen molar-refractivity contribution >= 4 is 75.2 Å². The number of carbonyl (C=O) groups excluding carboxylic acids is 3. The first-order valence-corrected chi connectivity index (χ1v) is 16.2. The van der Waals surface area contributed by atoms with Crippen LogP contribution in [0.3, 0.4) is 0 Å². The summed E-state index contributed by atoms with van der Waals surface area (Å²) < 4.78 is 1.05. The molecule has 0 aliphatic heterocycles. The van der Waals surface area contributed by atoms with Crippen LogP contribution in [0.2, 0.25) is 0 Å². The predicted molar refractivity (Wildman–Crippen MR) is 193 cm³/mol. The van der Waals surface area contributed by atoms with Gasteiger partial charge in [0.05, 0.1) is 10.5 Å². The molecular weight excluding hydrogens is 727 g/mol. The number of nitrogens with one attached hydrogen (secondary N) is 3. The number of hydrogen-bond donors (Lipinski definition) is 3. The van der Waals surface area contributed by atoms with Crippen molar-refractivity contribution in [3.8, 4) is 0 Å². The number of halogens is 1. The Morgan fingerprint density at radius 2 is 1.40 bits per heavy atom. The molecule has 0 saturated heterocycles. The van der Waals surface area contributed by atoms with E-state index in [9.17, 15) is 24.5 Å². The van der Waals surface area contributed by atoms with Gasteiger partial charge in [-0.3, -0.25) is 24.5 Å². The topological polar surface area (TPSA) is 130 Å². The molecule has 0 aliphatic carbocycles. The third-order valence-electron chi connectivity index (χ3n) is 6.76. The summed E-state index contributed by atoms with van der Waals surface area (Å²) in [6.45, 7) is 0. The van der Waals surface area contributed by atoms with Gasteiger partial charge in [0.2, 0.25) is 5.91 Å². The molecule has 5 aromatic rings. The van der Waals surface area contributed by atoms with Gasteiger partial charge in [0.1, 0.15) is 10.9 Å². The maximum Gasteiger partial charge on any atom is 0.276 e. The molecule has 0 fully saturated rings. The highest BCUT2D eigenvalue weighted by atomic mass is 127. The molecule has 0 spiro atoms. The smallest absolute Gasteiger partial charge is 0.276 e. The van der Waals surface area contributed by atoms with Crippen LogP contribution in [0, 0.1) is 13.7 Å². The van der Waals surface area contributed by atoms with Crippen molar-refractivity contribution < 1.29 is 19.3 Å². The lowest BCUT2D eigenvalue weighted by Gasteiger charge is -2.18. The highest BCUT2D eigenvalue weighted by molar-refractivity contribution is 14.1. The summed E-state index contributed by atoms with van der Waals surface area (Å²) in [5.41, 5.74) is 1.91. The van der Waals surface area contributed by atoms with E-state index in [1.165, 1.54) is 36.0 Å². The minimum atomic E-state index is -0.689. The maximum atomic E-state index is 13.6. The van der Waals surface area contributed by atoms with Crippen LogP contribution in [0.5, 0.6) is 0 Å². The fourth-order valence-corrected chi connectivity index (χ4v) is 5.94. The van der Waals surface area contributed by atoms with Gasteiger partial charge in [-0.2, -0.15) is 0 Å². The number of nitro benzene ring substituents is 1. The van der Waals surface area contributed by atoms with Gasteiger partial charge in [-0.15, -0.1) is 11.8 Å². The molecule has 1 atom stereocenters. The van der Waals surface area contributed by atoms with Gasteiger partial charge in [-0.1, -0.05) is 66.7 Å². The zero-order valence-electron chi connectivity index (χ0n) is 24.6. The molecule has 9 nitrogen and oxygen atoms in total. The minimum Gasteiger partial charge on any atom is -0.325 e. The third kappa shape index (κ3) is 9.15. The molecule has 3 N–H and O–H groups in total. The van der Waals surface area contributed by atoms with Crippen LogP contribution in [0.25, 0.3) is 6.08 Å². The number of para-hydroxylation sites is 1. The molecule has 0 saturated carbocycles. The van der Waals surface area contributed by atoms with Crippen LogP contribution in [-0.2, 0) is 9.59 Å². The zero-order chi connectivity index (χ0) is 33.2. The minimum absolute atomic E-state index is 0.144. The molecule has 0 heterocycles. The molecule has 0 aromatic heterocycles. The second-order valence-corrected chi connectivity index (χ2v) is 12.5. The fourth-order valence-electron chi connectivity index (χ4n) is 4.50. The lowest BCUT2D eigenvalue weighted by atomic mass is 10.1. The molecule has 0 radical (unpaired) electrons. The standard InChI is InChI=1S/C36H27IN4O5S/c37-27-18-20-28(21-19-27)38-36(44)33(24-10-3-1-4-11-24)47-30-16-9-15-29(23-30)39-35(43)31(40-34(42)25-12-5-2-6-13-25)22-26-14-7-8-17-32(26)41(45)46/h1-23,33H,(H,38,44)(H,39,43)(H,40,42)/b31-22+. The number of anilines is 2. The van der Waals surface area contributed by atoms with Crippen LogP contribution in [0.1, 0.15) is 26.7 Å². The van der Waals surface area contributed by atoms with E-state index >= 15 is 0 Å². The summed E-state index contributed by atoms with van der Waals surface area (Å²) in [5.74, 6) is -1.46. The Balaban J connectivity index is 1.40. The van der Waals surface area contributed by atoms with E-state index < -0.39 is 22.0 Å². The number of rotatable bonds is 11. The van der Waals surface area contributed by atoms with E-state index in [1.807, 2.05) is 60.7 Å². The van der Waals surface area contributed by atoms with Crippen molar-refractivity contribution in [2.45, 2.75) is 10.1 Å². The van der Waals surface area contributed by atoms with Gasteiger partial charge in [0.25, 0.3) is 17.5 Å². The van der Waals surface area contributed by atoms with Crippen molar-refractivity contribution in [2.75, 3.05) is 10.6 Å². The van der Waals surface area contributed by atoms with Crippen molar-refractivity contribution in [3.63, 3.8) is 0 Å². The van der Waals surface area contributed by atoms with Gasteiger partial charge in [-0.05, 0) is 94.9 Å². The van der Waals surface area contributed by atoms with Crippen LogP contribution < -0.4 is 16.0 Å². The molecule has 5 aromatic carbocycles. The predicted octanol–water partition coefficient (Wildman–Crippen LogP) is 8.08. The molecule has 5 rings (SSSR count). The highest BCUT2D eigenvalue weighted by Gasteiger charge is 2.23. The van der Waals surface area contributed by atoms with Gasteiger partial charge in [-0.25, -0.2) is 0 Å². The number of nitrogens with zero attached hydrogens (tertiary/aromatic N) is 1. The lowest BCUT2D eigenvalue weighted by Crippen LogP contribution is -2.30. The van der Waals surface area contributed by atoms with E-state index in [2.05, 4.69) is 38.5 Å². The zero-order valence-corrected chi connectivity index (χ0v) is 27.6.